The van der Waals surface area contributed by atoms with Crippen molar-refractivity contribution in [1.29, 1.82) is 0 Å². The molecular weight excluding hydrogens is 228 g/mol. The topological polar surface area (TPSA) is 75.0 Å². The summed E-state index contributed by atoms with van der Waals surface area (Å²) in [7, 11) is 0. The minimum atomic E-state index is -0.0903. The predicted octanol–water partition coefficient (Wildman–Crippen LogP) is 2.38. The Labute approximate surface area is 109 Å². The van der Waals surface area contributed by atoms with E-state index in [0.29, 0.717) is 11.4 Å². The molecule has 1 heterocycles. The van der Waals surface area contributed by atoms with E-state index in [1.807, 2.05) is 27.7 Å². The molecule has 0 unspecified atom stereocenters. The molecule has 1 rings (SSSR count). The van der Waals surface area contributed by atoms with Crippen molar-refractivity contribution >= 4 is 11.6 Å². The molecule has 0 spiro atoms. The minimum Gasteiger partial charge on any atom is -0.395 e. The fraction of sp³-hybridized carbons (Fsp3) is 0.692. The van der Waals surface area contributed by atoms with E-state index in [1.54, 1.807) is 4.90 Å². The van der Waals surface area contributed by atoms with E-state index in [4.69, 9.17) is 5.73 Å². The maximum Gasteiger partial charge on any atom is 0.276 e. The molecule has 3 N–H and O–H groups in total. The number of aromatic nitrogens is 2. The van der Waals surface area contributed by atoms with Crippen molar-refractivity contribution in [2.24, 2.45) is 0 Å². The van der Waals surface area contributed by atoms with Gasteiger partial charge in [-0.3, -0.25) is 9.89 Å². The van der Waals surface area contributed by atoms with Crippen LogP contribution < -0.4 is 5.73 Å². The van der Waals surface area contributed by atoms with E-state index in [1.165, 1.54) is 0 Å². The first-order chi connectivity index (χ1) is 8.40. The number of carbonyl (C=O) groups is 1. The van der Waals surface area contributed by atoms with Gasteiger partial charge in [0.05, 0.1) is 11.4 Å². The Balaban J connectivity index is 3.02. The smallest absolute Gasteiger partial charge is 0.276 e. The van der Waals surface area contributed by atoms with Crippen LogP contribution in [0.15, 0.2) is 0 Å². The number of nitrogen functional groups attached to an aromatic ring is 1. The number of nitrogens with zero attached hydrogens (tertiary/aromatic N) is 2. The van der Waals surface area contributed by atoms with Crippen LogP contribution >= 0.6 is 0 Å². The summed E-state index contributed by atoms with van der Waals surface area (Å²) in [5, 5.41) is 6.95. The van der Waals surface area contributed by atoms with E-state index in [2.05, 4.69) is 17.1 Å². The number of nitrogens with one attached hydrogen (secondary N) is 1. The molecular formula is C13H24N4O. The first kappa shape index (κ1) is 14.5. The predicted molar refractivity (Wildman–Crippen MR) is 73.6 cm³/mol. The van der Waals surface area contributed by atoms with Crippen molar-refractivity contribution in [1.82, 2.24) is 15.1 Å². The lowest BCUT2D eigenvalue weighted by Gasteiger charge is -2.25. The number of hydrogen-bond acceptors (Lipinski definition) is 3. The molecule has 0 aromatic carbocycles. The average molecular weight is 252 g/mol. The molecule has 0 saturated carbocycles. The highest BCUT2D eigenvalue weighted by atomic mass is 16.2. The summed E-state index contributed by atoms with van der Waals surface area (Å²) in [6.07, 6.45) is 0.922. The van der Waals surface area contributed by atoms with Gasteiger partial charge in [0.1, 0.15) is 0 Å². The Morgan fingerprint density at radius 3 is 2.39 bits per heavy atom. The summed E-state index contributed by atoms with van der Waals surface area (Å²) in [5.41, 5.74) is 7.66. The summed E-state index contributed by atoms with van der Waals surface area (Å²) in [5.74, 6) is 0.144. The van der Waals surface area contributed by atoms with Gasteiger partial charge in [-0.25, -0.2) is 0 Å². The molecule has 1 aromatic heterocycles. The normalized spacial score (nSPS) is 11.3. The first-order valence-corrected chi connectivity index (χ1v) is 6.54. The molecule has 0 radical (unpaired) electrons. The van der Waals surface area contributed by atoms with Crippen molar-refractivity contribution < 1.29 is 4.79 Å². The molecule has 5 nitrogen and oxygen atoms in total. The van der Waals surface area contributed by atoms with Gasteiger partial charge in [0.25, 0.3) is 5.91 Å². The van der Waals surface area contributed by atoms with Gasteiger partial charge in [0.2, 0.25) is 0 Å². The standard InChI is InChI=1S/C13H24N4O/c1-6-7-17(9(4)5)13(18)12-10(14)11(8(2)3)15-16-12/h8-9H,6-7,14H2,1-5H3,(H,15,16). The number of anilines is 1. The Morgan fingerprint density at radius 2 is 2.00 bits per heavy atom. The monoisotopic (exact) mass is 252 g/mol. The van der Waals surface area contributed by atoms with Crippen LogP contribution in [0.3, 0.4) is 0 Å². The summed E-state index contributed by atoms with van der Waals surface area (Å²) in [6, 6.07) is 0.149. The third-order valence-corrected chi connectivity index (χ3v) is 2.96. The van der Waals surface area contributed by atoms with Crippen LogP contribution in [0, 0.1) is 0 Å². The molecule has 0 atom stereocenters. The first-order valence-electron chi connectivity index (χ1n) is 6.54. The fourth-order valence-electron chi connectivity index (χ4n) is 1.94. The van der Waals surface area contributed by atoms with Gasteiger partial charge >= 0.3 is 0 Å². The SMILES string of the molecule is CCCN(C(=O)c1n[nH]c(C(C)C)c1N)C(C)C. The van der Waals surface area contributed by atoms with Crippen LogP contribution in [-0.2, 0) is 0 Å². The Kier molecular flexibility index (Phi) is 4.76. The highest BCUT2D eigenvalue weighted by Gasteiger charge is 2.24. The van der Waals surface area contributed by atoms with E-state index >= 15 is 0 Å². The molecule has 0 aliphatic rings. The van der Waals surface area contributed by atoms with Gasteiger partial charge in [-0.2, -0.15) is 5.10 Å². The van der Waals surface area contributed by atoms with Crippen LogP contribution in [0.4, 0.5) is 5.69 Å². The summed E-state index contributed by atoms with van der Waals surface area (Å²) in [6.45, 7) is 10.8. The van der Waals surface area contributed by atoms with Gasteiger partial charge in [0.15, 0.2) is 5.69 Å². The molecule has 0 saturated heterocycles. The average Bonchev–Trinajstić information content (AvgIpc) is 2.66. The third-order valence-electron chi connectivity index (χ3n) is 2.96. The second-order valence-electron chi connectivity index (χ2n) is 5.15. The maximum absolute atomic E-state index is 12.4. The summed E-state index contributed by atoms with van der Waals surface area (Å²) >= 11 is 0. The van der Waals surface area contributed by atoms with Gasteiger partial charge < -0.3 is 10.6 Å². The molecule has 5 heteroatoms. The van der Waals surface area contributed by atoms with Crippen molar-refractivity contribution in [3.8, 4) is 0 Å². The molecule has 0 bridgehead atoms. The number of carbonyl (C=O) groups excluding carboxylic acids is 1. The zero-order chi connectivity index (χ0) is 13.9. The van der Waals surface area contributed by atoms with Crippen LogP contribution in [0.1, 0.15) is 63.1 Å². The van der Waals surface area contributed by atoms with Crippen molar-refractivity contribution in [2.45, 2.75) is 53.0 Å². The number of aromatic amines is 1. The molecule has 0 fully saturated rings. The van der Waals surface area contributed by atoms with E-state index < -0.39 is 0 Å². The number of amides is 1. The lowest BCUT2D eigenvalue weighted by atomic mass is 10.1. The zero-order valence-corrected chi connectivity index (χ0v) is 11.9. The van der Waals surface area contributed by atoms with Crippen molar-refractivity contribution in [3.05, 3.63) is 11.4 Å². The van der Waals surface area contributed by atoms with Crippen LogP contribution in [-0.4, -0.2) is 33.6 Å². The summed E-state index contributed by atoms with van der Waals surface area (Å²) in [4.78, 5) is 14.2. The highest BCUT2D eigenvalue weighted by Crippen LogP contribution is 2.23. The molecule has 0 aliphatic carbocycles. The fourth-order valence-corrected chi connectivity index (χ4v) is 1.94. The number of nitrogens with two attached hydrogens (primary N) is 1. The third kappa shape index (κ3) is 2.83. The second kappa shape index (κ2) is 5.89. The Bertz CT molecular complexity index is 409. The van der Waals surface area contributed by atoms with Gasteiger partial charge in [-0.1, -0.05) is 20.8 Å². The maximum atomic E-state index is 12.4. The minimum absolute atomic E-state index is 0.0903. The molecule has 1 amide bonds. The van der Waals surface area contributed by atoms with Crippen LogP contribution in [0.2, 0.25) is 0 Å². The van der Waals surface area contributed by atoms with Gasteiger partial charge in [-0.05, 0) is 26.2 Å². The lowest BCUT2D eigenvalue weighted by Crippen LogP contribution is -2.38. The number of H-pyrrole nitrogens is 1. The van der Waals surface area contributed by atoms with E-state index in [9.17, 15) is 4.79 Å². The Morgan fingerprint density at radius 1 is 1.39 bits per heavy atom. The molecule has 102 valence electrons. The molecule has 18 heavy (non-hydrogen) atoms. The Hall–Kier alpha value is -1.52. The van der Waals surface area contributed by atoms with Gasteiger partial charge in [-0.15, -0.1) is 0 Å². The lowest BCUT2D eigenvalue weighted by molar-refractivity contribution is 0.0701. The highest BCUT2D eigenvalue weighted by molar-refractivity contribution is 5.97. The van der Waals surface area contributed by atoms with E-state index in [-0.39, 0.29) is 17.9 Å². The summed E-state index contributed by atoms with van der Waals surface area (Å²) < 4.78 is 0. The van der Waals surface area contributed by atoms with Crippen molar-refractivity contribution in [2.75, 3.05) is 12.3 Å². The number of hydrogen-bond donors (Lipinski definition) is 2. The largest absolute Gasteiger partial charge is 0.395 e. The zero-order valence-electron chi connectivity index (χ0n) is 11.9. The number of rotatable bonds is 5. The van der Waals surface area contributed by atoms with Gasteiger partial charge in [0, 0.05) is 12.6 Å². The second-order valence-corrected chi connectivity index (χ2v) is 5.15. The van der Waals surface area contributed by atoms with Crippen LogP contribution in [0.5, 0.6) is 0 Å². The molecule has 1 aromatic rings. The van der Waals surface area contributed by atoms with Crippen LogP contribution in [0.25, 0.3) is 0 Å². The quantitative estimate of drug-likeness (QED) is 0.844. The molecule has 0 aliphatic heterocycles. The van der Waals surface area contributed by atoms with E-state index in [0.717, 1.165) is 18.7 Å². The van der Waals surface area contributed by atoms with Crippen molar-refractivity contribution in [3.63, 3.8) is 0 Å².